The molecule has 1 saturated heterocycles. The second kappa shape index (κ2) is 7.75. The summed E-state index contributed by atoms with van der Waals surface area (Å²) in [6.07, 6.45) is 4.81. The first-order valence-corrected chi connectivity index (χ1v) is 11.0. The molecule has 5 heteroatoms. The molecule has 2 saturated carbocycles. The molecule has 5 atom stereocenters. The third kappa shape index (κ3) is 3.70. The number of rotatable bonds is 6. The molecule has 4 rings (SSSR count). The van der Waals surface area contributed by atoms with E-state index in [1.54, 1.807) is 6.92 Å². The van der Waals surface area contributed by atoms with Crippen molar-refractivity contribution in [3.63, 3.8) is 0 Å². The van der Waals surface area contributed by atoms with Crippen LogP contribution in [-0.2, 0) is 20.7 Å². The second-order valence-corrected chi connectivity index (χ2v) is 9.89. The Morgan fingerprint density at radius 1 is 1.21 bits per heavy atom. The van der Waals surface area contributed by atoms with Crippen LogP contribution >= 0.6 is 0 Å². The molecule has 1 aliphatic heterocycles. The third-order valence-electron chi connectivity index (χ3n) is 7.93. The van der Waals surface area contributed by atoms with Gasteiger partial charge in [0.1, 0.15) is 0 Å². The van der Waals surface area contributed by atoms with E-state index in [0.29, 0.717) is 24.8 Å². The lowest BCUT2D eigenvalue weighted by Crippen LogP contribution is -2.60. The van der Waals surface area contributed by atoms with E-state index in [0.717, 1.165) is 25.0 Å². The molecule has 1 spiro atoms. The minimum Gasteiger partial charge on any atom is -0.378 e. The zero-order valence-corrected chi connectivity index (χ0v) is 17.9. The van der Waals surface area contributed by atoms with E-state index >= 15 is 0 Å². The van der Waals surface area contributed by atoms with Crippen LogP contribution in [0.1, 0.15) is 52.0 Å². The number of hydrogen-bond acceptors (Lipinski definition) is 3. The van der Waals surface area contributed by atoms with E-state index in [-0.39, 0.29) is 34.8 Å². The number of hydrogen-bond donors (Lipinski definition) is 2. The van der Waals surface area contributed by atoms with Gasteiger partial charge in [0.25, 0.3) is 0 Å². The average molecular weight is 399 g/mol. The monoisotopic (exact) mass is 398 g/mol. The van der Waals surface area contributed by atoms with Gasteiger partial charge >= 0.3 is 0 Å². The molecule has 0 aromatic heterocycles. The van der Waals surface area contributed by atoms with Gasteiger partial charge in [-0.25, -0.2) is 0 Å². The van der Waals surface area contributed by atoms with Crippen molar-refractivity contribution in [1.29, 1.82) is 0 Å². The molecular weight excluding hydrogens is 364 g/mol. The van der Waals surface area contributed by atoms with Crippen LogP contribution in [0.25, 0.3) is 0 Å². The maximum atomic E-state index is 12.3. The van der Waals surface area contributed by atoms with Gasteiger partial charge in [0, 0.05) is 26.1 Å². The Balaban J connectivity index is 1.37. The second-order valence-electron chi connectivity index (χ2n) is 9.89. The van der Waals surface area contributed by atoms with Gasteiger partial charge in [0.05, 0.1) is 12.5 Å². The summed E-state index contributed by atoms with van der Waals surface area (Å²) in [6.45, 7) is 7.65. The van der Waals surface area contributed by atoms with Crippen molar-refractivity contribution in [2.45, 2.75) is 65.0 Å². The normalized spacial score (nSPS) is 34.4. The number of amides is 2. The van der Waals surface area contributed by atoms with E-state index in [1.165, 1.54) is 12.8 Å². The first-order valence-electron chi connectivity index (χ1n) is 11.0. The van der Waals surface area contributed by atoms with Crippen LogP contribution < -0.4 is 10.6 Å². The topological polar surface area (TPSA) is 67.4 Å². The summed E-state index contributed by atoms with van der Waals surface area (Å²) in [4.78, 5) is 24.2. The molecule has 3 aliphatic rings. The number of ether oxygens (including phenoxy) is 1. The Bertz CT molecular complexity index is 763. The van der Waals surface area contributed by atoms with Crippen LogP contribution in [0.3, 0.4) is 0 Å². The zero-order valence-electron chi connectivity index (χ0n) is 17.9. The SMILES string of the molecule is CC(=O)N[C@H]1C(C)(C)[C@@H]2C[C@@H]3[C@@H](CCNC(=O)Cc4ccccc4)OCCC31C2. The quantitative estimate of drug-likeness (QED) is 0.774. The summed E-state index contributed by atoms with van der Waals surface area (Å²) in [5.41, 5.74) is 1.32. The fraction of sp³-hybridized carbons (Fsp3) is 0.667. The smallest absolute Gasteiger partial charge is 0.224 e. The van der Waals surface area contributed by atoms with Crippen LogP contribution in [0.2, 0.25) is 0 Å². The van der Waals surface area contributed by atoms with Gasteiger partial charge in [-0.15, -0.1) is 0 Å². The van der Waals surface area contributed by atoms with Crippen LogP contribution in [0.15, 0.2) is 30.3 Å². The van der Waals surface area contributed by atoms with Crippen molar-refractivity contribution < 1.29 is 14.3 Å². The summed E-state index contributed by atoms with van der Waals surface area (Å²) in [5.74, 6) is 1.23. The van der Waals surface area contributed by atoms with Crippen LogP contribution in [0.4, 0.5) is 0 Å². The number of nitrogens with one attached hydrogen (secondary N) is 2. The molecule has 1 unspecified atom stereocenters. The molecule has 3 fully saturated rings. The average Bonchev–Trinajstić information content (AvgIpc) is 3.16. The maximum absolute atomic E-state index is 12.3. The van der Waals surface area contributed by atoms with E-state index in [9.17, 15) is 9.59 Å². The van der Waals surface area contributed by atoms with E-state index < -0.39 is 0 Å². The standard InChI is InChI=1S/C24H34N2O3/c1-16(27)26-22-23(2,3)18-14-19-20(29-12-10-24(19,22)15-18)9-11-25-21(28)13-17-7-5-4-6-8-17/h4-8,18-20,22H,9-15H2,1-3H3,(H,25,28)(H,26,27)/t18-,19-,20-,22+,24?/m1/s1. The van der Waals surface area contributed by atoms with Crippen molar-refractivity contribution >= 4 is 11.8 Å². The minimum absolute atomic E-state index is 0.0620. The van der Waals surface area contributed by atoms with E-state index in [2.05, 4.69) is 24.5 Å². The fourth-order valence-corrected chi connectivity index (χ4v) is 6.60. The molecule has 5 nitrogen and oxygen atoms in total. The highest BCUT2D eigenvalue weighted by Crippen LogP contribution is 2.68. The Morgan fingerprint density at radius 3 is 2.69 bits per heavy atom. The molecule has 158 valence electrons. The number of carbonyl (C=O) groups excluding carboxylic acids is 2. The summed E-state index contributed by atoms with van der Waals surface area (Å²) < 4.78 is 6.20. The fourth-order valence-electron chi connectivity index (χ4n) is 6.60. The van der Waals surface area contributed by atoms with Crippen molar-refractivity contribution in [3.05, 3.63) is 35.9 Å². The lowest BCUT2D eigenvalue weighted by molar-refractivity contribution is -0.136. The Labute approximate surface area is 174 Å². The van der Waals surface area contributed by atoms with Gasteiger partial charge in [-0.1, -0.05) is 44.2 Å². The number of carbonyl (C=O) groups is 2. The molecule has 2 aliphatic carbocycles. The van der Waals surface area contributed by atoms with Crippen LogP contribution in [0, 0.1) is 22.7 Å². The first-order chi connectivity index (χ1) is 13.8. The highest BCUT2D eigenvalue weighted by molar-refractivity contribution is 5.78. The predicted molar refractivity (Wildman–Crippen MR) is 112 cm³/mol. The van der Waals surface area contributed by atoms with Crippen LogP contribution in [0.5, 0.6) is 0 Å². The molecule has 1 aromatic rings. The maximum Gasteiger partial charge on any atom is 0.224 e. The van der Waals surface area contributed by atoms with Gasteiger partial charge < -0.3 is 15.4 Å². The molecule has 0 radical (unpaired) electrons. The molecule has 2 bridgehead atoms. The zero-order chi connectivity index (χ0) is 20.6. The van der Waals surface area contributed by atoms with Gasteiger partial charge in [-0.2, -0.15) is 0 Å². The molecule has 1 heterocycles. The summed E-state index contributed by atoms with van der Waals surface area (Å²) in [6, 6.07) is 10.1. The molecule has 2 N–H and O–H groups in total. The van der Waals surface area contributed by atoms with Gasteiger partial charge in [-0.05, 0) is 53.9 Å². The van der Waals surface area contributed by atoms with Gasteiger partial charge in [-0.3, -0.25) is 9.59 Å². The summed E-state index contributed by atoms with van der Waals surface area (Å²) in [7, 11) is 0. The number of benzene rings is 1. The largest absolute Gasteiger partial charge is 0.378 e. The Hall–Kier alpha value is -1.88. The van der Waals surface area contributed by atoms with Crippen molar-refractivity contribution in [2.75, 3.05) is 13.2 Å². The predicted octanol–water partition coefficient (Wildman–Crippen LogP) is 3.08. The third-order valence-corrected chi connectivity index (χ3v) is 7.93. The Morgan fingerprint density at radius 2 is 1.97 bits per heavy atom. The first kappa shape index (κ1) is 20.4. The lowest BCUT2D eigenvalue weighted by Gasteiger charge is -2.53. The minimum atomic E-state index is 0.0620. The van der Waals surface area contributed by atoms with E-state index in [4.69, 9.17) is 4.74 Å². The van der Waals surface area contributed by atoms with Gasteiger partial charge in [0.2, 0.25) is 11.8 Å². The van der Waals surface area contributed by atoms with Crippen molar-refractivity contribution in [2.24, 2.45) is 22.7 Å². The summed E-state index contributed by atoms with van der Waals surface area (Å²) >= 11 is 0. The highest BCUT2D eigenvalue weighted by Gasteiger charge is 2.68. The summed E-state index contributed by atoms with van der Waals surface area (Å²) in [5, 5.41) is 6.38. The van der Waals surface area contributed by atoms with Crippen molar-refractivity contribution in [3.8, 4) is 0 Å². The number of fused-ring (bicyclic) bond motifs is 1. The van der Waals surface area contributed by atoms with E-state index in [1.807, 2.05) is 30.3 Å². The Kier molecular flexibility index (Phi) is 5.45. The molecular formula is C24H34N2O3. The molecule has 1 aromatic carbocycles. The van der Waals surface area contributed by atoms with Crippen LogP contribution in [-0.4, -0.2) is 37.1 Å². The highest BCUT2D eigenvalue weighted by atomic mass is 16.5. The molecule has 29 heavy (non-hydrogen) atoms. The lowest BCUT2D eigenvalue weighted by atomic mass is 9.59. The van der Waals surface area contributed by atoms with Gasteiger partial charge in [0.15, 0.2) is 0 Å². The molecule has 2 amide bonds. The van der Waals surface area contributed by atoms with Crippen molar-refractivity contribution in [1.82, 2.24) is 10.6 Å².